The van der Waals surface area contributed by atoms with Crippen LogP contribution in [0.25, 0.3) is 0 Å². The average Bonchev–Trinajstić information content (AvgIpc) is 2.93. The molecule has 0 bridgehead atoms. The van der Waals surface area contributed by atoms with Crippen LogP contribution in [-0.4, -0.2) is 19.3 Å². The molecule has 3 rings (SSSR count). The van der Waals surface area contributed by atoms with Crippen molar-refractivity contribution in [2.45, 2.75) is 20.3 Å². The molecule has 0 saturated heterocycles. The molecular formula is C18H18ClNO4. The van der Waals surface area contributed by atoms with Gasteiger partial charge in [0.15, 0.2) is 11.5 Å². The number of amides is 1. The van der Waals surface area contributed by atoms with Gasteiger partial charge in [-0.3, -0.25) is 4.79 Å². The van der Waals surface area contributed by atoms with Crippen molar-refractivity contribution in [1.82, 2.24) is 0 Å². The van der Waals surface area contributed by atoms with Gasteiger partial charge in [0.2, 0.25) is 12.7 Å². The van der Waals surface area contributed by atoms with Crippen molar-refractivity contribution in [2.24, 2.45) is 0 Å². The fourth-order valence-electron chi connectivity index (χ4n) is 2.50. The number of rotatable bonds is 5. The lowest BCUT2D eigenvalue weighted by atomic mass is 10.1. The van der Waals surface area contributed by atoms with E-state index in [-0.39, 0.29) is 25.7 Å². The van der Waals surface area contributed by atoms with Crippen molar-refractivity contribution in [2.75, 3.05) is 18.7 Å². The first-order valence-corrected chi connectivity index (χ1v) is 7.99. The van der Waals surface area contributed by atoms with E-state index in [0.717, 1.165) is 16.9 Å². The largest absolute Gasteiger partial charge is 0.493 e. The average molecular weight is 348 g/mol. The van der Waals surface area contributed by atoms with Crippen LogP contribution in [0.1, 0.15) is 17.5 Å². The molecule has 6 heteroatoms. The topological polar surface area (TPSA) is 56.8 Å². The van der Waals surface area contributed by atoms with Crippen LogP contribution in [0, 0.1) is 13.8 Å². The number of fused-ring (bicyclic) bond motifs is 1. The summed E-state index contributed by atoms with van der Waals surface area (Å²) in [6, 6.07) is 9.25. The zero-order valence-electron chi connectivity index (χ0n) is 13.5. The summed E-state index contributed by atoms with van der Waals surface area (Å²) in [6.45, 7) is 4.46. The summed E-state index contributed by atoms with van der Waals surface area (Å²) in [5.41, 5.74) is 2.75. The number of carbonyl (C=O) groups excluding carboxylic acids is 1. The van der Waals surface area contributed by atoms with Crippen molar-refractivity contribution in [3.8, 4) is 17.2 Å². The summed E-state index contributed by atoms with van der Waals surface area (Å²) >= 11 is 6.14. The Labute approximate surface area is 145 Å². The molecule has 0 fully saturated rings. The first-order chi connectivity index (χ1) is 11.5. The summed E-state index contributed by atoms with van der Waals surface area (Å²) < 4.78 is 16.2. The molecule has 126 valence electrons. The summed E-state index contributed by atoms with van der Waals surface area (Å²) in [7, 11) is 0. The van der Waals surface area contributed by atoms with Gasteiger partial charge in [-0.2, -0.15) is 0 Å². The molecule has 24 heavy (non-hydrogen) atoms. The molecule has 1 heterocycles. The zero-order chi connectivity index (χ0) is 17.1. The van der Waals surface area contributed by atoms with Crippen molar-refractivity contribution < 1.29 is 19.0 Å². The van der Waals surface area contributed by atoms with E-state index in [1.54, 1.807) is 12.1 Å². The maximum absolute atomic E-state index is 12.1. The normalized spacial score (nSPS) is 12.1. The summed E-state index contributed by atoms with van der Waals surface area (Å²) in [5.74, 6) is 1.74. The van der Waals surface area contributed by atoms with Gasteiger partial charge >= 0.3 is 0 Å². The SMILES string of the molecule is Cc1cc(C)cc(OCCC(=O)Nc2cc3c(cc2Cl)OCO3)c1. The lowest BCUT2D eigenvalue weighted by Crippen LogP contribution is -2.15. The van der Waals surface area contributed by atoms with Gasteiger partial charge < -0.3 is 19.5 Å². The van der Waals surface area contributed by atoms with Crippen LogP contribution in [0.4, 0.5) is 5.69 Å². The van der Waals surface area contributed by atoms with Crippen LogP contribution in [-0.2, 0) is 4.79 Å². The van der Waals surface area contributed by atoms with Crippen LogP contribution in [0.5, 0.6) is 17.2 Å². The Bertz CT molecular complexity index is 756. The van der Waals surface area contributed by atoms with Gasteiger partial charge in [0.05, 0.1) is 23.7 Å². The minimum atomic E-state index is -0.180. The smallest absolute Gasteiger partial charge is 0.231 e. The van der Waals surface area contributed by atoms with E-state index in [9.17, 15) is 4.79 Å². The second kappa shape index (κ2) is 7.01. The Kier molecular flexibility index (Phi) is 4.81. The van der Waals surface area contributed by atoms with Crippen LogP contribution >= 0.6 is 11.6 Å². The zero-order valence-corrected chi connectivity index (χ0v) is 14.3. The minimum Gasteiger partial charge on any atom is -0.493 e. The van der Waals surface area contributed by atoms with Crippen LogP contribution in [0.3, 0.4) is 0 Å². The van der Waals surface area contributed by atoms with Crippen LogP contribution in [0.15, 0.2) is 30.3 Å². The third kappa shape index (κ3) is 3.92. The molecular weight excluding hydrogens is 330 g/mol. The minimum absolute atomic E-state index is 0.160. The number of halogens is 1. The van der Waals surface area contributed by atoms with Crippen molar-refractivity contribution >= 4 is 23.2 Å². The Morgan fingerprint density at radius 2 is 1.79 bits per heavy atom. The highest BCUT2D eigenvalue weighted by atomic mass is 35.5. The highest BCUT2D eigenvalue weighted by Crippen LogP contribution is 2.39. The molecule has 1 aliphatic rings. The maximum Gasteiger partial charge on any atom is 0.231 e. The molecule has 0 unspecified atom stereocenters. The fraction of sp³-hybridized carbons (Fsp3) is 0.278. The van der Waals surface area contributed by atoms with Gasteiger partial charge in [-0.25, -0.2) is 0 Å². The standard InChI is InChI=1S/C18H18ClNO4/c1-11-5-12(2)7-13(6-11)22-4-3-18(21)20-15-9-17-16(8-14(15)19)23-10-24-17/h5-9H,3-4,10H2,1-2H3,(H,20,21). The van der Waals surface area contributed by atoms with Gasteiger partial charge in [-0.05, 0) is 37.1 Å². The van der Waals surface area contributed by atoms with E-state index in [0.29, 0.717) is 22.2 Å². The summed E-state index contributed by atoms with van der Waals surface area (Å²) in [6.07, 6.45) is 0.220. The van der Waals surface area contributed by atoms with Gasteiger partial charge in [0.1, 0.15) is 5.75 Å². The molecule has 0 atom stereocenters. The first-order valence-electron chi connectivity index (χ1n) is 7.61. The Morgan fingerprint density at radius 1 is 1.12 bits per heavy atom. The molecule has 0 aromatic heterocycles. The molecule has 1 amide bonds. The number of nitrogens with one attached hydrogen (secondary N) is 1. The number of carbonyl (C=O) groups is 1. The Hall–Kier alpha value is -2.40. The number of aryl methyl sites for hydroxylation is 2. The van der Waals surface area contributed by atoms with E-state index >= 15 is 0 Å². The van der Waals surface area contributed by atoms with Gasteiger partial charge in [-0.15, -0.1) is 0 Å². The van der Waals surface area contributed by atoms with E-state index in [1.165, 1.54) is 0 Å². The van der Waals surface area contributed by atoms with E-state index in [1.807, 2.05) is 26.0 Å². The van der Waals surface area contributed by atoms with E-state index in [2.05, 4.69) is 11.4 Å². The third-order valence-electron chi connectivity index (χ3n) is 3.53. The predicted molar refractivity (Wildman–Crippen MR) is 92.2 cm³/mol. The number of hydrogen-bond acceptors (Lipinski definition) is 4. The van der Waals surface area contributed by atoms with Gasteiger partial charge in [-0.1, -0.05) is 17.7 Å². The van der Waals surface area contributed by atoms with Gasteiger partial charge in [0.25, 0.3) is 0 Å². The molecule has 2 aromatic rings. The van der Waals surface area contributed by atoms with Crippen molar-refractivity contribution in [3.05, 3.63) is 46.5 Å². The molecule has 1 aliphatic heterocycles. The predicted octanol–water partition coefficient (Wildman–Crippen LogP) is 4.09. The second-order valence-corrected chi connectivity index (χ2v) is 6.06. The highest BCUT2D eigenvalue weighted by Gasteiger charge is 2.17. The molecule has 0 saturated carbocycles. The summed E-state index contributed by atoms with van der Waals surface area (Å²) in [4.78, 5) is 12.1. The fourth-order valence-corrected chi connectivity index (χ4v) is 2.70. The summed E-state index contributed by atoms with van der Waals surface area (Å²) in [5, 5.41) is 3.17. The second-order valence-electron chi connectivity index (χ2n) is 5.66. The van der Waals surface area contributed by atoms with Crippen LogP contribution < -0.4 is 19.5 Å². The monoisotopic (exact) mass is 347 g/mol. The Morgan fingerprint density at radius 3 is 2.50 bits per heavy atom. The molecule has 2 aromatic carbocycles. The third-order valence-corrected chi connectivity index (χ3v) is 3.84. The lowest BCUT2D eigenvalue weighted by molar-refractivity contribution is -0.116. The molecule has 0 radical (unpaired) electrons. The molecule has 0 spiro atoms. The molecule has 1 N–H and O–H groups in total. The van der Waals surface area contributed by atoms with Crippen LogP contribution in [0.2, 0.25) is 5.02 Å². The molecule has 0 aliphatic carbocycles. The van der Waals surface area contributed by atoms with E-state index in [4.69, 9.17) is 25.8 Å². The first kappa shape index (κ1) is 16.5. The Balaban J connectivity index is 1.54. The lowest BCUT2D eigenvalue weighted by Gasteiger charge is -2.10. The quantitative estimate of drug-likeness (QED) is 0.885. The van der Waals surface area contributed by atoms with Gasteiger partial charge in [0, 0.05) is 12.1 Å². The highest BCUT2D eigenvalue weighted by molar-refractivity contribution is 6.34. The number of ether oxygens (including phenoxy) is 3. The maximum atomic E-state index is 12.1. The van der Waals surface area contributed by atoms with E-state index < -0.39 is 0 Å². The number of benzene rings is 2. The van der Waals surface area contributed by atoms with Crippen molar-refractivity contribution in [1.29, 1.82) is 0 Å². The number of anilines is 1. The molecule has 5 nitrogen and oxygen atoms in total. The van der Waals surface area contributed by atoms with Crippen molar-refractivity contribution in [3.63, 3.8) is 0 Å². The number of hydrogen-bond donors (Lipinski definition) is 1.